The van der Waals surface area contributed by atoms with Crippen LogP contribution in [0.1, 0.15) is 35.7 Å². The first kappa shape index (κ1) is 23.3. The van der Waals surface area contributed by atoms with E-state index >= 15 is 0 Å². The van der Waals surface area contributed by atoms with Crippen molar-refractivity contribution in [2.75, 3.05) is 31.1 Å². The molecule has 0 radical (unpaired) electrons. The number of aromatic nitrogens is 1. The number of anilines is 1. The molecule has 5 rings (SSSR count). The average Bonchev–Trinajstić information content (AvgIpc) is 3.50. The number of benzene rings is 2. The smallest absolute Gasteiger partial charge is 0.415 e. The summed E-state index contributed by atoms with van der Waals surface area (Å²) >= 11 is 1.60. The molecule has 1 spiro atoms. The van der Waals surface area contributed by atoms with Crippen molar-refractivity contribution >= 4 is 29.1 Å². The second-order valence-electron chi connectivity index (χ2n) is 8.87. The average molecular weight is 494 g/mol. The van der Waals surface area contributed by atoms with Crippen molar-refractivity contribution < 1.29 is 24.2 Å². The van der Waals surface area contributed by atoms with Crippen LogP contribution in [0.2, 0.25) is 0 Å². The molecule has 3 aromatic rings. The molecule has 2 aliphatic heterocycles. The highest BCUT2D eigenvalue weighted by atomic mass is 32.1. The van der Waals surface area contributed by atoms with Crippen LogP contribution in [0.25, 0.3) is 10.6 Å². The minimum absolute atomic E-state index is 0.191. The lowest BCUT2D eigenvalue weighted by molar-refractivity contribution is -0.000994. The van der Waals surface area contributed by atoms with Gasteiger partial charge in [-0.05, 0) is 48.9 Å². The number of hydrogen-bond donors (Lipinski definition) is 1. The van der Waals surface area contributed by atoms with Crippen LogP contribution < -0.4 is 9.64 Å². The van der Waals surface area contributed by atoms with Crippen LogP contribution in [0.5, 0.6) is 5.75 Å². The number of likely N-dealkylation sites (tertiary alicyclic amines) is 1. The van der Waals surface area contributed by atoms with Gasteiger partial charge in [0.05, 0.1) is 24.3 Å². The number of piperidine rings is 1. The number of thiazole rings is 1. The van der Waals surface area contributed by atoms with Gasteiger partial charge in [0.25, 0.3) is 0 Å². The Bertz CT molecular complexity index is 1200. The number of ether oxygens (including phenoxy) is 2. The molecule has 0 aliphatic carbocycles. The molecule has 9 heteroatoms. The number of nitrogens with zero attached hydrogens (tertiary/aromatic N) is 3. The van der Waals surface area contributed by atoms with Crippen LogP contribution in [0.4, 0.5) is 10.5 Å². The molecular weight excluding hydrogens is 466 g/mol. The predicted molar refractivity (Wildman–Crippen MR) is 133 cm³/mol. The molecule has 1 aromatic heterocycles. The number of carbonyl (C=O) groups excluding carboxylic acids is 1. The molecule has 1 N–H and O–H groups in total. The summed E-state index contributed by atoms with van der Waals surface area (Å²) in [5.41, 5.74) is 2.52. The zero-order chi connectivity index (χ0) is 24.4. The lowest BCUT2D eigenvalue weighted by Gasteiger charge is -2.37. The maximum absolute atomic E-state index is 12.6. The van der Waals surface area contributed by atoms with E-state index in [1.807, 2.05) is 12.3 Å². The third-order valence-electron chi connectivity index (χ3n) is 6.58. The molecule has 3 heterocycles. The first-order valence-electron chi connectivity index (χ1n) is 11.7. The Morgan fingerprint density at radius 3 is 2.63 bits per heavy atom. The molecule has 0 saturated carbocycles. The number of amides is 1. The third kappa shape index (κ3) is 4.87. The Balaban J connectivity index is 1.22. The molecule has 182 valence electrons. The quantitative estimate of drug-likeness (QED) is 0.501. The van der Waals surface area contributed by atoms with Crippen molar-refractivity contribution in [2.45, 2.75) is 31.9 Å². The van der Waals surface area contributed by atoms with Gasteiger partial charge in [-0.2, -0.15) is 0 Å². The van der Waals surface area contributed by atoms with Gasteiger partial charge < -0.3 is 14.6 Å². The fraction of sp³-hybridized carbons (Fsp3) is 0.346. The van der Waals surface area contributed by atoms with Gasteiger partial charge in [0.15, 0.2) is 0 Å². The topological polar surface area (TPSA) is 92.2 Å². The standard InChI is InChI=1S/C26H27N3O5S/c1-2-33-22-15-18(3-8-21(22)23-27-11-14-35-23)16-28-12-9-26(10-13-28)17-29(25(32)34-26)20-6-4-19(5-7-20)24(30)31/h3-8,11,14-15H,2,9-10,12-13,16-17H2,1H3,(H,30,31). The summed E-state index contributed by atoms with van der Waals surface area (Å²) in [6, 6.07) is 12.6. The van der Waals surface area contributed by atoms with E-state index in [2.05, 4.69) is 28.1 Å². The Kier molecular flexibility index (Phi) is 6.44. The molecule has 8 nitrogen and oxygen atoms in total. The number of rotatable bonds is 7. The van der Waals surface area contributed by atoms with Crippen LogP contribution in [-0.2, 0) is 11.3 Å². The normalized spacial score (nSPS) is 17.5. The Morgan fingerprint density at radius 1 is 1.20 bits per heavy atom. The Morgan fingerprint density at radius 2 is 1.97 bits per heavy atom. The molecule has 0 bridgehead atoms. The van der Waals surface area contributed by atoms with Crippen molar-refractivity contribution in [3.05, 3.63) is 65.2 Å². The monoisotopic (exact) mass is 493 g/mol. The molecule has 0 unspecified atom stereocenters. The van der Waals surface area contributed by atoms with Crippen molar-refractivity contribution in [1.29, 1.82) is 0 Å². The van der Waals surface area contributed by atoms with E-state index in [-0.39, 0.29) is 11.7 Å². The van der Waals surface area contributed by atoms with Crippen molar-refractivity contribution in [2.24, 2.45) is 0 Å². The summed E-state index contributed by atoms with van der Waals surface area (Å²) in [5.74, 6) is -0.140. The van der Waals surface area contributed by atoms with E-state index < -0.39 is 11.6 Å². The molecule has 2 fully saturated rings. The van der Waals surface area contributed by atoms with E-state index in [1.54, 1.807) is 34.6 Å². The number of carboxylic acid groups (broad SMARTS) is 1. The van der Waals surface area contributed by atoms with Gasteiger partial charge in [0, 0.05) is 49.7 Å². The van der Waals surface area contributed by atoms with Crippen LogP contribution >= 0.6 is 11.3 Å². The summed E-state index contributed by atoms with van der Waals surface area (Å²) < 4.78 is 11.8. The van der Waals surface area contributed by atoms with Crippen LogP contribution in [0, 0.1) is 0 Å². The number of hydrogen-bond acceptors (Lipinski definition) is 7. The fourth-order valence-electron chi connectivity index (χ4n) is 4.72. The van der Waals surface area contributed by atoms with Crippen molar-refractivity contribution in [3.63, 3.8) is 0 Å². The Labute approximate surface area is 207 Å². The van der Waals surface area contributed by atoms with Gasteiger partial charge in [-0.25, -0.2) is 14.6 Å². The zero-order valence-electron chi connectivity index (χ0n) is 19.5. The summed E-state index contributed by atoms with van der Waals surface area (Å²) in [4.78, 5) is 32.1. The molecule has 2 saturated heterocycles. The minimum Gasteiger partial charge on any atom is -0.493 e. The molecular formula is C26H27N3O5S. The molecule has 35 heavy (non-hydrogen) atoms. The molecule has 0 atom stereocenters. The van der Waals surface area contributed by atoms with E-state index in [4.69, 9.17) is 14.6 Å². The Hall–Kier alpha value is -3.43. The maximum Gasteiger partial charge on any atom is 0.415 e. The van der Waals surface area contributed by atoms with Crippen molar-refractivity contribution in [1.82, 2.24) is 9.88 Å². The predicted octanol–water partition coefficient (Wildman–Crippen LogP) is 4.90. The van der Waals surface area contributed by atoms with Crippen LogP contribution in [0.15, 0.2) is 54.0 Å². The van der Waals surface area contributed by atoms with E-state index in [1.165, 1.54) is 17.7 Å². The second kappa shape index (κ2) is 9.67. The molecule has 2 aliphatic rings. The van der Waals surface area contributed by atoms with Gasteiger partial charge in [-0.3, -0.25) is 9.80 Å². The van der Waals surface area contributed by atoms with Gasteiger partial charge in [0.2, 0.25) is 0 Å². The van der Waals surface area contributed by atoms with Crippen LogP contribution in [0.3, 0.4) is 0 Å². The molecule has 2 aromatic carbocycles. The van der Waals surface area contributed by atoms with Gasteiger partial charge in [-0.15, -0.1) is 11.3 Å². The lowest BCUT2D eigenvalue weighted by Crippen LogP contribution is -2.46. The minimum atomic E-state index is -0.990. The highest BCUT2D eigenvalue weighted by Crippen LogP contribution is 2.37. The van der Waals surface area contributed by atoms with Crippen LogP contribution in [-0.4, -0.2) is 58.9 Å². The fourth-order valence-corrected chi connectivity index (χ4v) is 5.38. The number of carbonyl (C=O) groups is 2. The highest BCUT2D eigenvalue weighted by Gasteiger charge is 2.47. The number of carboxylic acids is 1. The SMILES string of the molecule is CCOc1cc(CN2CCC3(CC2)CN(c2ccc(C(=O)O)cc2)C(=O)O3)ccc1-c1nccs1. The van der Waals surface area contributed by atoms with E-state index in [0.29, 0.717) is 18.8 Å². The lowest BCUT2D eigenvalue weighted by atomic mass is 9.91. The number of aromatic carboxylic acids is 1. The highest BCUT2D eigenvalue weighted by molar-refractivity contribution is 7.13. The van der Waals surface area contributed by atoms with Gasteiger partial charge in [0.1, 0.15) is 16.4 Å². The van der Waals surface area contributed by atoms with Gasteiger partial charge in [-0.1, -0.05) is 6.07 Å². The van der Waals surface area contributed by atoms with E-state index in [0.717, 1.165) is 48.8 Å². The summed E-state index contributed by atoms with van der Waals surface area (Å²) in [5, 5.41) is 12.0. The third-order valence-corrected chi connectivity index (χ3v) is 7.38. The maximum atomic E-state index is 12.6. The zero-order valence-corrected chi connectivity index (χ0v) is 20.3. The first-order chi connectivity index (χ1) is 17.0. The second-order valence-corrected chi connectivity index (χ2v) is 9.76. The first-order valence-corrected chi connectivity index (χ1v) is 12.6. The largest absolute Gasteiger partial charge is 0.493 e. The van der Waals surface area contributed by atoms with Gasteiger partial charge >= 0.3 is 12.1 Å². The summed E-state index contributed by atoms with van der Waals surface area (Å²) in [6.07, 6.45) is 2.92. The van der Waals surface area contributed by atoms with E-state index in [9.17, 15) is 9.59 Å². The summed E-state index contributed by atoms with van der Waals surface area (Å²) in [7, 11) is 0. The van der Waals surface area contributed by atoms with Crippen molar-refractivity contribution in [3.8, 4) is 16.3 Å². The summed E-state index contributed by atoms with van der Waals surface area (Å²) in [6.45, 7) is 5.48. The molecule has 1 amide bonds.